The van der Waals surface area contributed by atoms with Gasteiger partial charge in [-0.2, -0.15) is 0 Å². The van der Waals surface area contributed by atoms with Crippen molar-refractivity contribution in [1.82, 2.24) is 10.4 Å². The molecule has 0 saturated carbocycles. The van der Waals surface area contributed by atoms with Crippen molar-refractivity contribution in [2.75, 3.05) is 0 Å². The standard InChI is InChI=1S/C11H11Cl2N3S/c1-6-15-10(5-17-6)11(16-14)8-4-7(12)2-3-9(8)13/h2-5,11,16H,14H2,1H3. The first-order valence-electron chi connectivity index (χ1n) is 4.95. The fourth-order valence-corrected chi connectivity index (χ4v) is 2.63. The molecule has 3 nitrogen and oxygen atoms in total. The Morgan fingerprint density at radius 1 is 1.41 bits per heavy atom. The molecule has 6 heteroatoms. The summed E-state index contributed by atoms with van der Waals surface area (Å²) in [5.74, 6) is 5.58. The van der Waals surface area contributed by atoms with E-state index in [0.29, 0.717) is 10.0 Å². The highest BCUT2D eigenvalue weighted by molar-refractivity contribution is 7.09. The Hall–Kier alpha value is -0.650. The van der Waals surface area contributed by atoms with Gasteiger partial charge in [0.15, 0.2) is 0 Å². The molecular weight excluding hydrogens is 277 g/mol. The molecule has 90 valence electrons. The maximum Gasteiger partial charge on any atom is 0.0904 e. The molecule has 0 fully saturated rings. The minimum absolute atomic E-state index is 0.244. The molecule has 1 unspecified atom stereocenters. The maximum absolute atomic E-state index is 6.15. The van der Waals surface area contributed by atoms with E-state index < -0.39 is 0 Å². The number of benzene rings is 1. The summed E-state index contributed by atoms with van der Waals surface area (Å²) in [6.45, 7) is 1.95. The summed E-state index contributed by atoms with van der Waals surface area (Å²) in [4.78, 5) is 4.40. The Labute approximate surface area is 114 Å². The summed E-state index contributed by atoms with van der Waals surface area (Å²) in [6.07, 6.45) is 0. The summed E-state index contributed by atoms with van der Waals surface area (Å²) in [7, 11) is 0. The van der Waals surface area contributed by atoms with Crippen molar-refractivity contribution in [2.45, 2.75) is 13.0 Å². The second-order valence-electron chi connectivity index (χ2n) is 3.56. The van der Waals surface area contributed by atoms with Crippen molar-refractivity contribution in [1.29, 1.82) is 0 Å². The molecule has 0 spiro atoms. The smallest absolute Gasteiger partial charge is 0.0904 e. The minimum Gasteiger partial charge on any atom is -0.271 e. The van der Waals surface area contributed by atoms with Gasteiger partial charge in [-0.05, 0) is 30.7 Å². The quantitative estimate of drug-likeness (QED) is 0.673. The lowest BCUT2D eigenvalue weighted by Gasteiger charge is -2.15. The second-order valence-corrected chi connectivity index (χ2v) is 5.46. The molecule has 2 rings (SSSR count). The number of hydrazine groups is 1. The van der Waals surface area contributed by atoms with Crippen molar-refractivity contribution in [3.63, 3.8) is 0 Å². The monoisotopic (exact) mass is 287 g/mol. The molecule has 17 heavy (non-hydrogen) atoms. The van der Waals surface area contributed by atoms with Crippen molar-refractivity contribution >= 4 is 34.5 Å². The Bertz CT molecular complexity index is 527. The van der Waals surface area contributed by atoms with Gasteiger partial charge in [-0.1, -0.05) is 23.2 Å². The molecule has 0 amide bonds. The van der Waals surface area contributed by atoms with E-state index in [9.17, 15) is 0 Å². The molecule has 0 bridgehead atoms. The van der Waals surface area contributed by atoms with Crippen LogP contribution in [0.2, 0.25) is 10.0 Å². The number of halogens is 2. The first-order chi connectivity index (χ1) is 8.11. The molecule has 1 heterocycles. The highest BCUT2D eigenvalue weighted by atomic mass is 35.5. The highest BCUT2D eigenvalue weighted by Crippen LogP contribution is 2.30. The van der Waals surface area contributed by atoms with Crippen LogP contribution in [-0.4, -0.2) is 4.98 Å². The van der Waals surface area contributed by atoms with E-state index in [2.05, 4.69) is 10.4 Å². The van der Waals surface area contributed by atoms with Crippen LogP contribution in [0.4, 0.5) is 0 Å². The normalized spacial score (nSPS) is 12.7. The number of thiazole rings is 1. The predicted octanol–water partition coefficient (Wildman–Crippen LogP) is 3.31. The number of nitrogens with two attached hydrogens (primary N) is 1. The van der Waals surface area contributed by atoms with Crippen molar-refractivity contribution in [3.05, 3.63) is 49.9 Å². The number of aromatic nitrogens is 1. The van der Waals surface area contributed by atoms with Crippen LogP contribution in [0.5, 0.6) is 0 Å². The molecule has 3 N–H and O–H groups in total. The van der Waals surface area contributed by atoms with Crippen LogP contribution >= 0.6 is 34.5 Å². The molecule has 0 aliphatic heterocycles. The van der Waals surface area contributed by atoms with Crippen LogP contribution in [0.3, 0.4) is 0 Å². The van der Waals surface area contributed by atoms with E-state index in [1.807, 2.05) is 12.3 Å². The molecule has 1 atom stereocenters. The van der Waals surface area contributed by atoms with E-state index >= 15 is 0 Å². The van der Waals surface area contributed by atoms with Crippen LogP contribution in [0, 0.1) is 6.92 Å². The fraction of sp³-hybridized carbons (Fsp3) is 0.182. The number of hydrogen-bond donors (Lipinski definition) is 2. The largest absolute Gasteiger partial charge is 0.271 e. The second kappa shape index (κ2) is 5.33. The zero-order chi connectivity index (χ0) is 12.4. The summed E-state index contributed by atoms with van der Waals surface area (Å²) >= 11 is 13.7. The minimum atomic E-state index is -0.244. The lowest BCUT2D eigenvalue weighted by atomic mass is 10.1. The molecule has 1 aromatic heterocycles. The van der Waals surface area contributed by atoms with Crippen LogP contribution in [0.15, 0.2) is 23.6 Å². The zero-order valence-corrected chi connectivity index (χ0v) is 11.4. The zero-order valence-electron chi connectivity index (χ0n) is 9.08. The lowest BCUT2D eigenvalue weighted by molar-refractivity contribution is 0.623. The van der Waals surface area contributed by atoms with Crippen LogP contribution in [0.1, 0.15) is 22.3 Å². The number of aryl methyl sites for hydroxylation is 1. The molecule has 0 aliphatic rings. The van der Waals surface area contributed by atoms with Gasteiger partial charge in [0.25, 0.3) is 0 Å². The number of nitrogens with zero attached hydrogens (tertiary/aromatic N) is 1. The van der Waals surface area contributed by atoms with Crippen LogP contribution in [0.25, 0.3) is 0 Å². The number of hydrogen-bond acceptors (Lipinski definition) is 4. The molecular formula is C11H11Cl2N3S. The third-order valence-corrected chi connectivity index (χ3v) is 3.74. The summed E-state index contributed by atoms with van der Waals surface area (Å²) in [5.41, 5.74) is 4.39. The fourth-order valence-electron chi connectivity index (χ4n) is 1.58. The van der Waals surface area contributed by atoms with E-state index in [1.54, 1.807) is 29.5 Å². The highest BCUT2D eigenvalue weighted by Gasteiger charge is 2.18. The van der Waals surface area contributed by atoms with Crippen LogP contribution < -0.4 is 11.3 Å². The summed E-state index contributed by atoms with van der Waals surface area (Å²) in [6, 6.07) is 5.05. The summed E-state index contributed by atoms with van der Waals surface area (Å²) in [5, 5.41) is 4.18. The molecule has 2 aromatic rings. The third-order valence-electron chi connectivity index (χ3n) is 2.37. The van der Waals surface area contributed by atoms with Crippen molar-refractivity contribution < 1.29 is 0 Å². The van der Waals surface area contributed by atoms with Gasteiger partial charge in [0.1, 0.15) is 0 Å². The first kappa shape index (κ1) is 12.8. The lowest BCUT2D eigenvalue weighted by Crippen LogP contribution is -2.29. The van der Waals surface area contributed by atoms with Crippen molar-refractivity contribution in [2.24, 2.45) is 5.84 Å². The van der Waals surface area contributed by atoms with Gasteiger partial charge in [0, 0.05) is 15.4 Å². The molecule has 0 radical (unpaired) electrons. The van der Waals surface area contributed by atoms with Gasteiger partial charge in [-0.25, -0.2) is 10.4 Å². The number of nitrogens with one attached hydrogen (secondary N) is 1. The van der Waals surface area contributed by atoms with E-state index in [4.69, 9.17) is 29.0 Å². The van der Waals surface area contributed by atoms with E-state index in [-0.39, 0.29) is 6.04 Å². The van der Waals surface area contributed by atoms with E-state index in [0.717, 1.165) is 16.3 Å². The molecule has 0 aliphatic carbocycles. The first-order valence-corrected chi connectivity index (χ1v) is 6.58. The van der Waals surface area contributed by atoms with Gasteiger partial charge >= 0.3 is 0 Å². The Morgan fingerprint density at radius 3 is 2.76 bits per heavy atom. The maximum atomic E-state index is 6.15. The Kier molecular flexibility index (Phi) is 4.01. The molecule has 1 aromatic carbocycles. The Balaban J connectivity index is 2.45. The number of rotatable bonds is 3. The van der Waals surface area contributed by atoms with E-state index in [1.165, 1.54) is 0 Å². The predicted molar refractivity (Wildman–Crippen MR) is 72.5 cm³/mol. The van der Waals surface area contributed by atoms with Crippen molar-refractivity contribution in [3.8, 4) is 0 Å². The Morgan fingerprint density at radius 2 is 2.18 bits per heavy atom. The topological polar surface area (TPSA) is 50.9 Å². The van der Waals surface area contributed by atoms with Gasteiger partial charge in [0.05, 0.1) is 16.7 Å². The van der Waals surface area contributed by atoms with Crippen LogP contribution in [-0.2, 0) is 0 Å². The SMILES string of the molecule is Cc1nc(C(NN)c2cc(Cl)ccc2Cl)cs1. The summed E-state index contributed by atoms with van der Waals surface area (Å²) < 4.78 is 0. The average molecular weight is 288 g/mol. The van der Waals surface area contributed by atoms with Gasteiger partial charge in [0.2, 0.25) is 0 Å². The third kappa shape index (κ3) is 2.78. The van der Waals surface area contributed by atoms with Gasteiger partial charge in [-0.15, -0.1) is 11.3 Å². The van der Waals surface area contributed by atoms with Gasteiger partial charge < -0.3 is 0 Å². The average Bonchev–Trinajstić information content (AvgIpc) is 2.71. The van der Waals surface area contributed by atoms with Gasteiger partial charge in [-0.3, -0.25) is 5.84 Å². The molecule has 0 saturated heterocycles.